The lowest BCUT2D eigenvalue weighted by atomic mass is 10.1. The molecule has 0 aliphatic heterocycles. The molecule has 0 radical (unpaired) electrons. The Morgan fingerprint density at radius 3 is 2.52 bits per heavy atom. The maximum absolute atomic E-state index is 13.0. The van der Waals surface area contributed by atoms with Crippen LogP contribution in [0.3, 0.4) is 0 Å². The summed E-state index contributed by atoms with van der Waals surface area (Å²) in [5, 5.41) is 8.43. The molecule has 1 aromatic carbocycles. The van der Waals surface area contributed by atoms with Crippen molar-refractivity contribution in [3.8, 4) is 11.3 Å². The molecule has 2 N–H and O–H groups in total. The Balaban J connectivity index is 1.83. The highest BCUT2D eigenvalue weighted by Crippen LogP contribution is 2.31. The zero-order valence-electron chi connectivity index (χ0n) is 13.7. The molecule has 6 nitrogen and oxygen atoms in total. The lowest BCUT2D eigenvalue weighted by Crippen LogP contribution is -2.30. The Morgan fingerprint density at radius 1 is 1.11 bits per heavy atom. The summed E-state index contributed by atoms with van der Waals surface area (Å²) in [5.41, 5.74) is -0.976. The van der Waals surface area contributed by atoms with Crippen molar-refractivity contribution in [2.24, 2.45) is 0 Å². The average molecular weight is 374 g/mol. The van der Waals surface area contributed by atoms with Crippen molar-refractivity contribution in [1.82, 2.24) is 20.5 Å². The van der Waals surface area contributed by atoms with E-state index in [0.717, 1.165) is 6.07 Å². The van der Waals surface area contributed by atoms with Crippen LogP contribution in [0, 0.1) is 0 Å². The maximum Gasteiger partial charge on any atom is 0.416 e. The summed E-state index contributed by atoms with van der Waals surface area (Å²) in [7, 11) is 0. The largest absolute Gasteiger partial charge is 0.416 e. The summed E-state index contributed by atoms with van der Waals surface area (Å²) in [4.78, 5) is 28.1. The third-order valence-electron chi connectivity index (χ3n) is 3.79. The van der Waals surface area contributed by atoms with Crippen LogP contribution >= 0.6 is 0 Å². The fraction of sp³-hybridized carbons (Fsp3) is 0.111. The fourth-order valence-electron chi connectivity index (χ4n) is 2.47. The van der Waals surface area contributed by atoms with E-state index < -0.39 is 23.2 Å². The van der Waals surface area contributed by atoms with Gasteiger partial charge in [0.2, 0.25) is 0 Å². The molecule has 27 heavy (non-hydrogen) atoms. The standard InChI is InChI=1S/C18H13F3N4O2/c19-18(20,21)14-4-2-1-3-12(14)10-23-16(26)13-9-15(24-25-17(13)27)11-5-7-22-8-6-11/h1-9H,10H2,(H,23,26)(H,25,27). The van der Waals surface area contributed by atoms with Crippen molar-refractivity contribution in [3.63, 3.8) is 0 Å². The maximum atomic E-state index is 13.0. The second kappa shape index (κ2) is 7.40. The predicted octanol–water partition coefficient (Wildman–Crippen LogP) is 2.78. The SMILES string of the molecule is O=C(NCc1ccccc1C(F)(F)F)c1cc(-c2ccncc2)n[nH]c1=O. The van der Waals surface area contributed by atoms with Gasteiger partial charge in [0.05, 0.1) is 11.3 Å². The Hall–Kier alpha value is -3.49. The van der Waals surface area contributed by atoms with E-state index in [0.29, 0.717) is 11.3 Å². The van der Waals surface area contributed by atoms with E-state index in [4.69, 9.17) is 0 Å². The molecule has 3 rings (SSSR count). The van der Waals surface area contributed by atoms with Gasteiger partial charge in [-0.25, -0.2) is 5.10 Å². The highest BCUT2D eigenvalue weighted by molar-refractivity contribution is 5.94. The van der Waals surface area contributed by atoms with E-state index >= 15 is 0 Å². The smallest absolute Gasteiger partial charge is 0.348 e. The van der Waals surface area contributed by atoms with Gasteiger partial charge in [0.25, 0.3) is 11.5 Å². The summed E-state index contributed by atoms with van der Waals surface area (Å²) in [6.45, 7) is -0.374. The molecule has 0 fully saturated rings. The number of H-pyrrole nitrogens is 1. The number of aromatic nitrogens is 3. The first-order valence-electron chi connectivity index (χ1n) is 7.79. The van der Waals surface area contributed by atoms with Gasteiger partial charge in [0, 0.05) is 24.5 Å². The molecule has 2 heterocycles. The molecule has 0 spiro atoms. The molecule has 0 aliphatic carbocycles. The van der Waals surface area contributed by atoms with Crippen LogP contribution in [0.2, 0.25) is 0 Å². The molecular formula is C18H13F3N4O2. The zero-order chi connectivity index (χ0) is 19.4. The monoisotopic (exact) mass is 374 g/mol. The summed E-state index contributed by atoms with van der Waals surface area (Å²) >= 11 is 0. The molecule has 0 atom stereocenters. The molecule has 0 bridgehead atoms. The van der Waals surface area contributed by atoms with Crippen LogP contribution in [0.15, 0.2) is 59.7 Å². The quantitative estimate of drug-likeness (QED) is 0.735. The highest BCUT2D eigenvalue weighted by atomic mass is 19.4. The van der Waals surface area contributed by atoms with Crippen molar-refractivity contribution in [3.05, 3.63) is 81.9 Å². The molecule has 1 amide bonds. The number of carbonyl (C=O) groups excluding carboxylic acids is 1. The number of alkyl halides is 3. The summed E-state index contributed by atoms with van der Waals surface area (Å²) in [5.74, 6) is -0.800. The third kappa shape index (κ3) is 4.20. The van der Waals surface area contributed by atoms with Crippen LogP contribution in [-0.4, -0.2) is 21.1 Å². The highest BCUT2D eigenvalue weighted by Gasteiger charge is 2.32. The van der Waals surface area contributed by atoms with E-state index in [2.05, 4.69) is 20.5 Å². The van der Waals surface area contributed by atoms with Crippen LogP contribution in [0.1, 0.15) is 21.5 Å². The van der Waals surface area contributed by atoms with Gasteiger partial charge in [0.1, 0.15) is 5.56 Å². The van der Waals surface area contributed by atoms with Gasteiger partial charge in [0.15, 0.2) is 0 Å². The van der Waals surface area contributed by atoms with Gasteiger partial charge in [-0.05, 0) is 29.8 Å². The van der Waals surface area contributed by atoms with E-state index in [9.17, 15) is 22.8 Å². The Kier molecular flexibility index (Phi) is 5.02. The van der Waals surface area contributed by atoms with Crippen LogP contribution < -0.4 is 10.9 Å². The first-order valence-corrected chi connectivity index (χ1v) is 7.79. The first kappa shape index (κ1) is 18.3. The topological polar surface area (TPSA) is 87.7 Å². The third-order valence-corrected chi connectivity index (χ3v) is 3.79. The lowest BCUT2D eigenvalue weighted by molar-refractivity contribution is -0.138. The molecule has 0 saturated heterocycles. The van der Waals surface area contributed by atoms with E-state index in [-0.39, 0.29) is 17.7 Å². The number of rotatable bonds is 4. The summed E-state index contributed by atoms with van der Waals surface area (Å²) in [6, 6.07) is 9.47. The van der Waals surface area contributed by atoms with E-state index in [1.165, 1.54) is 36.7 Å². The molecule has 3 aromatic rings. The average Bonchev–Trinajstić information content (AvgIpc) is 2.66. The van der Waals surface area contributed by atoms with E-state index in [1.54, 1.807) is 12.1 Å². The van der Waals surface area contributed by atoms with Gasteiger partial charge in [-0.15, -0.1) is 0 Å². The van der Waals surface area contributed by atoms with Crippen LogP contribution in [0.25, 0.3) is 11.3 Å². The van der Waals surface area contributed by atoms with Gasteiger partial charge < -0.3 is 5.32 Å². The van der Waals surface area contributed by atoms with Crippen molar-refractivity contribution in [1.29, 1.82) is 0 Å². The van der Waals surface area contributed by atoms with Gasteiger partial charge in [-0.1, -0.05) is 18.2 Å². The van der Waals surface area contributed by atoms with Crippen LogP contribution in [0.4, 0.5) is 13.2 Å². The first-order chi connectivity index (χ1) is 12.9. The van der Waals surface area contributed by atoms with Gasteiger partial charge in [-0.2, -0.15) is 18.3 Å². The lowest BCUT2D eigenvalue weighted by Gasteiger charge is -2.13. The number of carbonyl (C=O) groups is 1. The normalized spacial score (nSPS) is 11.2. The number of benzene rings is 1. The van der Waals surface area contributed by atoms with Crippen molar-refractivity contribution >= 4 is 5.91 Å². The zero-order valence-corrected chi connectivity index (χ0v) is 13.7. The van der Waals surface area contributed by atoms with Crippen molar-refractivity contribution < 1.29 is 18.0 Å². The van der Waals surface area contributed by atoms with Gasteiger partial charge >= 0.3 is 6.18 Å². The number of halogens is 3. The minimum atomic E-state index is -4.54. The summed E-state index contributed by atoms with van der Waals surface area (Å²) < 4.78 is 39.1. The van der Waals surface area contributed by atoms with Crippen molar-refractivity contribution in [2.45, 2.75) is 12.7 Å². The number of hydrogen-bond acceptors (Lipinski definition) is 4. The van der Waals surface area contributed by atoms with Crippen molar-refractivity contribution in [2.75, 3.05) is 0 Å². The Labute approximate surface area is 151 Å². The minimum Gasteiger partial charge on any atom is -0.348 e. The molecule has 9 heteroatoms. The van der Waals surface area contributed by atoms with Gasteiger partial charge in [-0.3, -0.25) is 14.6 Å². The molecule has 2 aromatic heterocycles. The predicted molar refractivity (Wildman–Crippen MR) is 90.7 cm³/mol. The number of nitrogens with one attached hydrogen (secondary N) is 2. The molecule has 0 saturated carbocycles. The molecule has 0 unspecified atom stereocenters. The number of nitrogens with zero attached hydrogens (tertiary/aromatic N) is 2. The number of amides is 1. The second-order valence-corrected chi connectivity index (χ2v) is 5.57. The molecule has 0 aliphatic rings. The molecular weight excluding hydrogens is 361 g/mol. The second-order valence-electron chi connectivity index (χ2n) is 5.57. The Bertz CT molecular complexity index is 1020. The van der Waals surface area contributed by atoms with Crippen LogP contribution in [-0.2, 0) is 12.7 Å². The Morgan fingerprint density at radius 2 is 1.81 bits per heavy atom. The number of aromatic amines is 1. The fourth-order valence-corrected chi connectivity index (χ4v) is 2.47. The molecule has 138 valence electrons. The number of hydrogen-bond donors (Lipinski definition) is 2. The number of pyridine rings is 1. The minimum absolute atomic E-state index is 0.0989. The van der Waals surface area contributed by atoms with Crippen LogP contribution in [0.5, 0.6) is 0 Å². The summed E-state index contributed by atoms with van der Waals surface area (Å²) in [6.07, 6.45) is -1.49. The van der Waals surface area contributed by atoms with E-state index in [1.807, 2.05) is 0 Å².